The molecule has 0 amide bonds. The summed E-state index contributed by atoms with van der Waals surface area (Å²) >= 11 is 1.53. The maximum Gasteiger partial charge on any atom is 0.267 e. The zero-order chi connectivity index (χ0) is 18.3. The number of rotatable bonds is 5. The summed E-state index contributed by atoms with van der Waals surface area (Å²) in [5.74, 6) is 1.66. The molecule has 8 nitrogen and oxygen atoms in total. The van der Waals surface area contributed by atoms with E-state index in [1.54, 1.807) is 13.1 Å². The van der Waals surface area contributed by atoms with Crippen molar-refractivity contribution < 1.29 is 12.9 Å². The largest absolute Gasteiger partial charge is 0.334 e. The van der Waals surface area contributed by atoms with Crippen LogP contribution in [0.25, 0.3) is 10.8 Å². The van der Waals surface area contributed by atoms with Gasteiger partial charge in [-0.2, -0.15) is 9.29 Å². The molecule has 1 atom stereocenters. The maximum absolute atomic E-state index is 12.9. The summed E-state index contributed by atoms with van der Waals surface area (Å²) in [4.78, 5) is 9.57. The molecule has 0 radical (unpaired) electrons. The van der Waals surface area contributed by atoms with E-state index in [1.807, 2.05) is 29.0 Å². The van der Waals surface area contributed by atoms with E-state index < -0.39 is 10.0 Å². The van der Waals surface area contributed by atoms with Gasteiger partial charge >= 0.3 is 0 Å². The summed E-state index contributed by atoms with van der Waals surface area (Å²) in [6, 6.07) is 3.84. The van der Waals surface area contributed by atoms with E-state index in [2.05, 4.69) is 15.1 Å². The zero-order valence-electron chi connectivity index (χ0n) is 14.5. The Bertz CT molecular complexity index is 1010. The highest BCUT2D eigenvalue weighted by atomic mass is 32.2. The first-order chi connectivity index (χ1) is 12.5. The molecule has 1 unspecified atom stereocenters. The Labute approximate surface area is 155 Å². The minimum absolute atomic E-state index is 0.0726. The molecular weight excluding hydrogens is 374 g/mol. The van der Waals surface area contributed by atoms with Gasteiger partial charge in [0.05, 0.1) is 4.88 Å². The fourth-order valence-electron chi connectivity index (χ4n) is 3.11. The SMILES string of the molecule is CCn1cc(S(=O)(=O)N2CCC(c3noc(-c4cccs4)n3)C2)nc1C. The van der Waals surface area contributed by atoms with Crippen LogP contribution in [-0.2, 0) is 16.6 Å². The second-order valence-electron chi connectivity index (χ2n) is 6.20. The van der Waals surface area contributed by atoms with Crippen molar-refractivity contribution in [3.63, 3.8) is 0 Å². The lowest BCUT2D eigenvalue weighted by atomic mass is 10.1. The predicted molar refractivity (Wildman–Crippen MR) is 96.4 cm³/mol. The second-order valence-corrected chi connectivity index (χ2v) is 9.03. The Hall–Kier alpha value is -2.04. The molecule has 3 aromatic heterocycles. The number of hydrogen-bond donors (Lipinski definition) is 0. The quantitative estimate of drug-likeness (QED) is 0.661. The number of aromatic nitrogens is 4. The molecule has 26 heavy (non-hydrogen) atoms. The van der Waals surface area contributed by atoms with Crippen molar-refractivity contribution in [2.45, 2.75) is 37.8 Å². The third-order valence-electron chi connectivity index (χ3n) is 4.59. The predicted octanol–water partition coefficient (Wildman–Crippen LogP) is 2.50. The number of nitrogens with zero attached hydrogens (tertiary/aromatic N) is 5. The lowest BCUT2D eigenvalue weighted by Gasteiger charge is -2.13. The van der Waals surface area contributed by atoms with Gasteiger partial charge in [0, 0.05) is 31.7 Å². The van der Waals surface area contributed by atoms with Crippen molar-refractivity contribution in [3.8, 4) is 10.8 Å². The third-order valence-corrected chi connectivity index (χ3v) is 7.18. The van der Waals surface area contributed by atoms with Crippen LogP contribution in [0, 0.1) is 6.92 Å². The standard InChI is InChI=1S/C16H19N5O3S2/c1-3-20-10-14(17-11(20)2)26(22,23)21-7-6-12(9-21)15-18-16(24-19-15)13-5-4-8-25-13/h4-5,8,10,12H,3,6-7,9H2,1-2H3. The van der Waals surface area contributed by atoms with Crippen LogP contribution in [0.5, 0.6) is 0 Å². The molecule has 0 saturated carbocycles. The Kier molecular flexibility index (Phi) is 4.41. The van der Waals surface area contributed by atoms with Gasteiger partial charge in [0.1, 0.15) is 5.82 Å². The van der Waals surface area contributed by atoms with Crippen LogP contribution in [-0.4, -0.2) is 45.5 Å². The first-order valence-electron chi connectivity index (χ1n) is 8.40. The monoisotopic (exact) mass is 393 g/mol. The van der Waals surface area contributed by atoms with Crippen molar-refractivity contribution in [3.05, 3.63) is 35.4 Å². The van der Waals surface area contributed by atoms with Gasteiger partial charge in [-0.05, 0) is 31.7 Å². The van der Waals surface area contributed by atoms with Gasteiger partial charge < -0.3 is 9.09 Å². The van der Waals surface area contributed by atoms with Crippen LogP contribution >= 0.6 is 11.3 Å². The third kappa shape index (κ3) is 2.97. The van der Waals surface area contributed by atoms with Crippen LogP contribution in [0.15, 0.2) is 33.3 Å². The van der Waals surface area contributed by atoms with E-state index in [0.29, 0.717) is 43.6 Å². The Morgan fingerprint density at radius 2 is 2.23 bits per heavy atom. The Morgan fingerprint density at radius 3 is 2.92 bits per heavy atom. The van der Waals surface area contributed by atoms with Crippen LogP contribution in [0.4, 0.5) is 0 Å². The first-order valence-corrected chi connectivity index (χ1v) is 10.7. The van der Waals surface area contributed by atoms with E-state index in [-0.39, 0.29) is 10.9 Å². The van der Waals surface area contributed by atoms with Crippen molar-refractivity contribution in [1.29, 1.82) is 0 Å². The number of hydrogen-bond acceptors (Lipinski definition) is 7. The van der Waals surface area contributed by atoms with E-state index >= 15 is 0 Å². The molecule has 4 rings (SSSR count). The number of sulfonamides is 1. The molecule has 4 heterocycles. The highest BCUT2D eigenvalue weighted by molar-refractivity contribution is 7.89. The molecule has 0 bridgehead atoms. The fraction of sp³-hybridized carbons (Fsp3) is 0.438. The number of aryl methyl sites for hydroxylation is 2. The summed E-state index contributed by atoms with van der Waals surface area (Å²) in [6.45, 7) is 5.21. The van der Waals surface area contributed by atoms with E-state index in [1.165, 1.54) is 15.6 Å². The Balaban J connectivity index is 1.53. The normalized spacial score (nSPS) is 18.6. The lowest BCUT2D eigenvalue weighted by Crippen LogP contribution is -2.29. The fourth-order valence-corrected chi connectivity index (χ4v) is 5.25. The van der Waals surface area contributed by atoms with Crippen LogP contribution < -0.4 is 0 Å². The van der Waals surface area contributed by atoms with Gasteiger partial charge in [-0.25, -0.2) is 13.4 Å². The summed E-state index contributed by atoms with van der Waals surface area (Å²) in [5, 5.41) is 6.10. The molecule has 138 valence electrons. The molecule has 1 saturated heterocycles. The smallest absolute Gasteiger partial charge is 0.267 e. The molecule has 0 spiro atoms. The van der Waals surface area contributed by atoms with Crippen LogP contribution in [0.2, 0.25) is 0 Å². The van der Waals surface area contributed by atoms with Crippen molar-refractivity contribution in [1.82, 2.24) is 24.0 Å². The first kappa shape index (κ1) is 17.4. The van der Waals surface area contributed by atoms with Gasteiger partial charge in [-0.3, -0.25) is 0 Å². The van der Waals surface area contributed by atoms with Crippen LogP contribution in [0.1, 0.15) is 30.9 Å². The van der Waals surface area contributed by atoms with E-state index in [9.17, 15) is 8.42 Å². The molecule has 0 aromatic carbocycles. The van der Waals surface area contributed by atoms with E-state index in [0.717, 1.165) is 4.88 Å². The molecule has 3 aromatic rings. The van der Waals surface area contributed by atoms with Crippen molar-refractivity contribution in [2.75, 3.05) is 13.1 Å². The minimum Gasteiger partial charge on any atom is -0.334 e. The van der Waals surface area contributed by atoms with E-state index in [4.69, 9.17) is 4.52 Å². The van der Waals surface area contributed by atoms with Gasteiger partial charge in [-0.1, -0.05) is 11.2 Å². The molecule has 1 aliphatic rings. The molecule has 1 fully saturated rings. The number of thiophene rings is 1. The zero-order valence-corrected chi connectivity index (χ0v) is 16.1. The molecule has 1 aliphatic heterocycles. The summed E-state index contributed by atoms with van der Waals surface area (Å²) in [5.41, 5.74) is 0. The summed E-state index contributed by atoms with van der Waals surface area (Å²) in [6.07, 6.45) is 2.26. The number of imidazole rings is 1. The molecular formula is C16H19N5O3S2. The van der Waals surface area contributed by atoms with Crippen molar-refractivity contribution >= 4 is 21.4 Å². The second kappa shape index (κ2) is 6.60. The average Bonchev–Trinajstić information content (AvgIpc) is 3.37. The van der Waals surface area contributed by atoms with Gasteiger partial charge in [-0.15, -0.1) is 11.3 Å². The van der Waals surface area contributed by atoms with Crippen LogP contribution in [0.3, 0.4) is 0 Å². The molecule has 0 N–H and O–H groups in total. The van der Waals surface area contributed by atoms with Crippen molar-refractivity contribution in [2.24, 2.45) is 0 Å². The minimum atomic E-state index is -3.61. The molecule has 0 aliphatic carbocycles. The highest BCUT2D eigenvalue weighted by Crippen LogP contribution is 2.31. The topological polar surface area (TPSA) is 94.1 Å². The maximum atomic E-state index is 12.9. The summed E-state index contributed by atoms with van der Waals surface area (Å²) < 4.78 is 34.4. The highest BCUT2D eigenvalue weighted by Gasteiger charge is 2.36. The average molecular weight is 393 g/mol. The Morgan fingerprint density at radius 1 is 1.38 bits per heavy atom. The molecule has 10 heteroatoms. The summed E-state index contributed by atoms with van der Waals surface area (Å²) in [7, 11) is -3.61. The lowest BCUT2D eigenvalue weighted by molar-refractivity contribution is 0.415. The van der Waals surface area contributed by atoms with Gasteiger partial charge in [0.25, 0.3) is 15.9 Å². The van der Waals surface area contributed by atoms with Gasteiger partial charge in [0.15, 0.2) is 10.9 Å². The van der Waals surface area contributed by atoms with Gasteiger partial charge in [0.2, 0.25) is 0 Å².